The van der Waals surface area contributed by atoms with Gasteiger partial charge in [0.2, 0.25) is 0 Å². The molecule has 1 saturated heterocycles. The summed E-state index contributed by atoms with van der Waals surface area (Å²) in [4.78, 5) is 26.2. The largest absolute Gasteiger partial charge is 0.444 e. The number of carbonyl (C=O) groups excluding carboxylic acids is 1. The number of alkyl carbamates (subject to hydrolysis) is 1. The number of rotatable bonds is 3. The summed E-state index contributed by atoms with van der Waals surface area (Å²) in [6, 6.07) is 3.99. The van der Waals surface area contributed by atoms with E-state index < -0.39 is 5.60 Å². The minimum absolute atomic E-state index is 0.154. The first kappa shape index (κ1) is 20.2. The van der Waals surface area contributed by atoms with Crippen molar-refractivity contribution in [2.75, 3.05) is 24.5 Å². The fraction of sp³-hybridized carbons (Fsp3) is 0.571. The molecule has 1 aliphatic rings. The smallest absolute Gasteiger partial charge is 0.407 e. The first-order valence-electron chi connectivity index (χ1n) is 9.85. The highest BCUT2D eigenvalue weighted by molar-refractivity contribution is 5.92. The lowest BCUT2D eigenvalue weighted by atomic mass is 9.96. The normalized spacial score (nSPS) is 15.7. The van der Waals surface area contributed by atoms with Crippen molar-refractivity contribution in [3.8, 4) is 0 Å². The van der Waals surface area contributed by atoms with Crippen molar-refractivity contribution in [3.05, 3.63) is 33.6 Å². The molecule has 0 atom stereocenters. The van der Waals surface area contributed by atoms with Crippen LogP contribution < -0.4 is 15.8 Å². The van der Waals surface area contributed by atoms with E-state index in [1.165, 1.54) is 0 Å². The van der Waals surface area contributed by atoms with E-state index in [0.717, 1.165) is 48.3 Å². The molecule has 1 aromatic heterocycles. The van der Waals surface area contributed by atoms with Gasteiger partial charge in [-0.25, -0.2) is 9.89 Å². The number of aromatic nitrogens is 2. The Morgan fingerprint density at radius 3 is 2.43 bits per heavy atom. The molecule has 0 saturated carbocycles. The molecule has 2 N–H and O–H groups in total. The topological polar surface area (TPSA) is 87.3 Å². The Morgan fingerprint density at radius 2 is 1.82 bits per heavy atom. The molecular weight excluding hydrogens is 356 g/mol. The van der Waals surface area contributed by atoms with Crippen molar-refractivity contribution in [3.63, 3.8) is 0 Å². The zero-order chi connectivity index (χ0) is 20.5. The lowest BCUT2D eigenvalue weighted by Gasteiger charge is -2.33. The summed E-state index contributed by atoms with van der Waals surface area (Å²) in [6.45, 7) is 11.9. The number of hydrogen-bond acceptors (Lipinski definition) is 5. The number of benzene rings is 1. The number of aryl methyl sites for hydroxylation is 2. The summed E-state index contributed by atoms with van der Waals surface area (Å²) in [7, 11) is 0. The van der Waals surface area contributed by atoms with Gasteiger partial charge in [-0.1, -0.05) is 0 Å². The summed E-state index contributed by atoms with van der Waals surface area (Å²) in [5.41, 5.74) is 1.61. The van der Waals surface area contributed by atoms with E-state index in [-0.39, 0.29) is 11.7 Å². The Labute approximate surface area is 165 Å². The van der Waals surface area contributed by atoms with Crippen molar-refractivity contribution in [1.29, 1.82) is 0 Å². The highest BCUT2D eigenvalue weighted by Crippen LogP contribution is 2.28. The SMILES string of the molecule is Cc1cc2c(N3CCC(CNC(=O)OC(C)(C)C)CC3)n[nH]c(=O)c2cc1C. The zero-order valence-electron chi connectivity index (χ0n) is 17.4. The molecule has 152 valence electrons. The van der Waals surface area contributed by atoms with Gasteiger partial charge in [0.05, 0.1) is 5.39 Å². The van der Waals surface area contributed by atoms with Crippen LogP contribution in [0.4, 0.5) is 10.6 Å². The number of nitrogens with one attached hydrogen (secondary N) is 2. The number of piperidine rings is 1. The van der Waals surface area contributed by atoms with Crippen molar-refractivity contribution in [2.24, 2.45) is 5.92 Å². The summed E-state index contributed by atoms with van der Waals surface area (Å²) in [6.07, 6.45) is 1.53. The first-order valence-corrected chi connectivity index (χ1v) is 9.85. The molecule has 7 nitrogen and oxygen atoms in total. The van der Waals surface area contributed by atoms with Gasteiger partial charge in [0.25, 0.3) is 5.56 Å². The molecule has 2 aromatic rings. The second-order valence-corrected chi connectivity index (χ2v) is 8.67. The average molecular weight is 386 g/mol. The summed E-state index contributed by atoms with van der Waals surface area (Å²) in [5, 5.41) is 11.4. The molecule has 0 spiro atoms. The number of hydrogen-bond donors (Lipinski definition) is 2. The quantitative estimate of drug-likeness (QED) is 0.845. The molecular formula is C21H30N4O3. The van der Waals surface area contributed by atoms with Crippen LogP contribution in [-0.4, -0.2) is 41.5 Å². The van der Waals surface area contributed by atoms with Crippen molar-refractivity contribution >= 4 is 22.7 Å². The standard InChI is InChI=1S/C21H30N4O3/c1-13-10-16-17(11-14(13)2)19(26)24-23-18(16)25-8-6-15(7-9-25)12-22-20(27)28-21(3,4)5/h10-11,15H,6-9,12H2,1-5H3,(H,22,27)(H,24,26). The third kappa shape index (κ3) is 4.64. The summed E-state index contributed by atoms with van der Waals surface area (Å²) >= 11 is 0. The van der Waals surface area contributed by atoms with Crippen LogP contribution in [0.15, 0.2) is 16.9 Å². The van der Waals surface area contributed by atoms with Gasteiger partial charge in [-0.15, -0.1) is 0 Å². The van der Waals surface area contributed by atoms with E-state index in [1.54, 1.807) is 0 Å². The Kier molecular flexibility index (Phi) is 5.63. The van der Waals surface area contributed by atoms with Gasteiger partial charge in [-0.05, 0) is 76.6 Å². The third-order valence-corrected chi connectivity index (χ3v) is 5.23. The van der Waals surface area contributed by atoms with Gasteiger partial charge in [0, 0.05) is 25.0 Å². The molecule has 0 aliphatic carbocycles. The molecule has 1 aromatic carbocycles. The van der Waals surface area contributed by atoms with Gasteiger partial charge >= 0.3 is 6.09 Å². The summed E-state index contributed by atoms with van der Waals surface area (Å²) < 4.78 is 5.30. The van der Waals surface area contributed by atoms with Crippen LogP contribution in [0.25, 0.3) is 10.8 Å². The number of aromatic amines is 1. The van der Waals surface area contributed by atoms with E-state index in [0.29, 0.717) is 17.8 Å². The molecule has 3 rings (SSSR count). The second kappa shape index (κ2) is 7.81. The number of nitrogens with zero attached hydrogens (tertiary/aromatic N) is 2. The fourth-order valence-corrected chi connectivity index (χ4v) is 3.55. The Bertz CT molecular complexity index is 922. The van der Waals surface area contributed by atoms with Gasteiger partial charge in [-0.2, -0.15) is 5.10 Å². The predicted octanol–water partition coefficient (Wildman–Crippen LogP) is 3.28. The fourth-order valence-electron chi connectivity index (χ4n) is 3.55. The van der Waals surface area contributed by atoms with E-state index in [2.05, 4.69) is 26.5 Å². The van der Waals surface area contributed by atoms with E-state index in [4.69, 9.17) is 4.74 Å². The molecule has 2 heterocycles. The molecule has 28 heavy (non-hydrogen) atoms. The molecule has 1 amide bonds. The Morgan fingerprint density at radius 1 is 1.21 bits per heavy atom. The van der Waals surface area contributed by atoms with Gasteiger partial charge < -0.3 is 15.0 Å². The first-order chi connectivity index (χ1) is 13.1. The van der Waals surface area contributed by atoms with Gasteiger partial charge in [0.1, 0.15) is 5.60 Å². The lowest BCUT2D eigenvalue weighted by Crippen LogP contribution is -2.40. The van der Waals surface area contributed by atoms with Crippen LogP contribution in [0, 0.1) is 19.8 Å². The number of amides is 1. The second-order valence-electron chi connectivity index (χ2n) is 8.67. The van der Waals surface area contributed by atoms with Crippen LogP contribution in [0.5, 0.6) is 0 Å². The molecule has 1 fully saturated rings. The molecule has 0 bridgehead atoms. The third-order valence-electron chi connectivity index (χ3n) is 5.23. The zero-order valence-corrected chi connectivity index (χ0v) is 17.4. The molecule has 7 heteroatoms. The van der Waals surface area contributed by atoms with Crippen molar-refractivity contribution in [1.82, 2.24) is 15.5 Å². The molecule has 0 unspecified atom stereocenters. The van der Waals surface area contributed by atoms with Crippen LogP contribution in [0.1, 0.15) is 44.7 Å². The number of anilines is 1. The number of ether oxygens (including phenoxy) is 1. The Hall–Kier alpha value is -2.57. The Balaban J connectivity index is 1.66. The monoisotopic (exact) mass is 386 g/mol. The van der Waals surface area contributed by atoms with Crippen LogP contribution in [-0.2, 0) is 4.74 Å². The number of H-pyrrole nitrogens is 1. The van der Waals surface area contributed by atoms with Crippen LogP contribution in [0.3, 0.4) is 0 Å². The number of carbonyl (C=O) groups is 1. The maximum absolute atomic E-state index is 12.2. The lowest BCUT2D eigenvalue weighted by molar-refractivity contribution is 0.0517. The van der Waals surface area contributed by atoms with Crippen LogP contribution >= 0.6 is 0 Å². The summed E-state index contributed by atoms with van der Waals surface area (Å²) in [5.74, 6) is 1.23. The maximum Gasteiger partial charge on any atom is 0.407 e. The van der Waals surface area contributed by atoms with Crippen LogP contribution in [0.2, 0.25) is 0 Å². The van der Waals surface area contributed by atoms with Gasteiger partial charge in [-0.3, -0.25) is 4.79 Å². The molecule has 0 radical (unpaired) electrons. The highest BCUT2D eigenvalue weighted by atomic mass is 16.6. The van der Waals surface area contributed by atoms with E-state index in [9.17, 15) is 9.59 Å². The average Bonchev–Trinajstić information content (AvgIpc) is 2.61. The molecule has 1 aliphatic heterocycles. The highest BCUT2D eigenvalue weighted by Gasteiger charge is 2.24. The minimum atomic E-state index is -0.485. The number of fused-ring (bicyclic) bond motifs is 1. The van der Waals surface area contributed by atoms with Gasteiger partial charge in [0.15, 0.2) is 5.82 Å². The van der Waals surface area contributed by atoms with Crippen molar-refractivity contribution < 1.29 is 9.53 Å². The van der Waals surface area contributed by atoms with E-state index >= 15 is 0 Å². The minimum Gasteiger partial charge on any atom is -0.444 e. The maximum atomic E-state index is 12.2. The van der Waals surface area contributed by atoms with Crippen molar-refractivity contribution in [2.45, 2.75) is 53.1 Å². The predicted molar refractivity (Wildman–Crippen MR) is 111 cm³/mol. The van der Waals surface area contributed by atoms with E-state index in [1.807, 2.05) is 40.7 Å².